The Morgan fingerprint density at radius 3 is 1.58 bits per heavy atom. The third-order valence-corrected chi connectivity index (χ3v) is 10.3. The highest BCUT2D eigenvalue weighted by molar-refractivity contribution is 6.13. The Kier molecular flexibility index (Phi) is 7.47. The van der Waals surface area contributed by atoms with Crippen LogP contribution < -0.4 is 0 Å². The molecule has 0 unspecified atom stereocenters. The van der Waals surface area contributed by atoms with E-state index in [1.54, 1.807) is 0 Å². The Morgan fingerprint density at radius 1 is 0.321 bits per heavy atom. The SMILES string of the molecule is c1c[nH]c(-c2ccc(-c3ccc(-c4cc(-c5ccc6ccccc6c5)nc(-c5ccc(-c6cc7ccccc7c7ccccc67)cc5)n4)cc3)cc2)c1. The van der Waals surface area contributed by atoms with Crippen LogP contribution in [0.4, 0.5) is 0 Å². The van der Waals surface area contributed by atoms with Gasteiger partial charge in [-0.15, -0.1) is 0 Å². The molecular formula is C50H33N3. The summed E-state index contributed by atoms with van der Waals surface area (Å²) in [5.74, 6) is 0.699. The van der Waals surface area contributed by atoms with Gasteiger partial charge in [-0.1, -0.05) is 158 Å². The minimum atomic E-state index is 0.699. The molecule has 0 amide bonds. The number of nitrogens with one attached hydrogen (secondary N) is 1. The van der Waals surface area contributed by atoms with Crippen LogP contribution in [-0.2, 0) is 0 Å². The molecule has 10 rings (SSSR count). The quantitative estimate of drug-likeness (QED) is 0.178. The van der Waals surface area contributed by atoms with E-state index in [9.17, 15) is 0 Å². The number of rotatable bonds is 6. The van der Waals surface area contributed by atoms with Crippen molar-refractivity contribution in [2.45, 2.75) is 0 Å². The third kappa shape index (κ3) is 5.75. The zero-order valence-electron chi connectivity index (χ0n) is 28.9. The highest BCUT2D eigenvalue weighted by Gasteiger charge is 2.14. The van der Waals surface area contributed by atoms with Crippen molar-refractivity contribution in [3.05, 3.63) is 194 Å². The van der Waals surface area contributed by atoms with Gasteiger partial charge in [-0.3, -0.25) is 0 Å². The van der Waals surface area contributed by atoms with Gasteiger partial charge in [-0.2, -0.15) is 0 Å². The molecule has 8 aromatic carbocycles. The van der Waals surface area contributed by atoms with Crippen LogP contribution in [0.3, 0.4) is 0 Å². The predicted molar refractivity (Wildman–Crippen MR) is 222 cm³/mol. The van der Waals surface area contributed by atoms with E-state index in [1.165, 1.54) is 49.0 Å². The first-order valence-corrected chi connectivity index (χ1v) is 18.0. The molecule has 0 radical (unpaired) electrons. The van der Waals surface area contributed by atoms with E-state index in [0.717, 1.165) is 44.9 Å². The first kappa shape index (κ1) is 30.7. The Labute approximate surface area is 307 Å². The summed E-state index contributed by atoms with van der Waals surface area (Å²) in [5, 5.41) is 7.41. The molecule has 0 aliphatic carbocycles. The summed E-state index contributed by atoms with van der Waals surface area (Å²) >= 11 is 0. The van der Waals surface area contributed by atoms with Crippen LogP contribution >= 0.6 is 0 Å². The molecule has 3 heteroatoms. The van der Waals surface area contributed by atoms with Crippen molar-refractivity contribution in [3.8, 4) is 67.4 Å². The van der Waals surface area contributed by atoms with E-state index >= 15 is 0 Å². The van der Waals surface area contributed by atoms with Crippen molar-refractivity contribution in [1.82, 2.24) is 15.0 Å². The second-order valence-electron chi connectivity index (χ2n) is 13.5. The standard InChI is InChI=1S/C50H33N3/c1-2-9-40-30-42(28-19-33(40)8-1)49-32-48(38-24-17-35(18-25-38)34-15-22-37(23-16-34)47-14-7-29-51-47)52-50(53-49)39-26-20-36(21-27-39)46-31-41-10-3-4-11-43(41)44-12-5-6-13-45(44)46/h1-32,51H. The molecule has 0 bridgehead atoms. The zero-order chi connectivity index (χ0) is 35.1. The fraction of sp³-hybridized carbons (Fsp3) is 0. The van der Waals surface area contributed by atoms with Gasteiger partial charge in [-0.05, 0) is 90.5 Å². The van der Waals surface area contributed by atoms with Gasteiger partial charge in [0.2, 0.25) is 0 Å². The molecule has 0 saturated carbocycles. The highest BCUT2D eigenvalue weighted by Crippen LogP contribution is 2.36. The van der Waals surface area contributed by atoms with E-state index in [2.05, 4.69) is 187 Å². The average molecular weight is 676 g/mol. The van der Waals surface area contributed by atoms with Crippen LogP contribution in [0.15, 0.2) is 194 Å². The normalized spacial score (nSPS) is 11.4. The van der Waals surface area contributed by atoms with Gasteiger partial charge in [0.15, 0.2) is 5.82 Å². The molecule has 248 valence electrons. The van der Waals surface area contributed by atoms with E-state index in [0.29, 0.717) is 5.82 Å². The summed E-state index contributed by atoms with van der Waals surface area (Å²) in [7, 11) is 0. The third-order valence-electron chi connectivity index (χ3n) is 10.3. The van der Waals surface area contributed by atoms with Gasteiger partial charge in [0.1, 0.15) is 0 Å². The smallest absolute Gasteiger partial charge is 0.160 e. The minimum Gasteiger partial charge on any atom is -0.361 e. The van der Waals surface area contributed by atoms with Gasteiger partial charge >= 0.3 is 0 Å². The first-order valence-electron chi connectivity index (χ1n) is 18.0. The summed E-state index contributed by atoms with van der Waals surface area (Å²) in [4.78, 5) is 13.7. The molecule has 3 nitrogen and oxygen atoms in total. The monoisotopic (exact) mass is 675 g/mol. The Morgan fingerprint density at radius 2 is 0.868 bits per heavy atom. The Hall–Kier alpha value is -7.10. The minimum absolute atomic E-state index is 0.699. The van der Waals surface area contributed by atoms with Crippen molar-refractivity contribution in [3.63, 3.8) is 0 Å². The molecule has 2 heterocycles. The Balaban J connectivity index is 1.04. The van der Waals surface area contributed by atoms with Crippen molar-refractivity contribution < 1.29 is 0 Å². The van der Waals surface area contributed by atoms with Gasteiger partial charge < -0.3 is 4.98 Å². The van der Waals surface area contributed by atoms with Gasteiger partial charge in [0, 0.05) is 28.6 Å². The van der Waals surface area contributed by atoms with Crippen LogP contribution in [0.5, 0.6) is 0 Å². The number of nitrogens with zero attached hydrogens (tertiary/aromatic N) is 2. The van der Waals surface area contributed by atoms with E-state index in [1.807, 2.05) is 12.3 Å². The first-order chi connectivity index (χ1) is 26.2. The molecule has 0 fully saturated rings. The molecule has 0 aliphatic rings. The molecule has 1 N–H and O–H groups in total. The lowest BCUT2D eigenvalue weighted by atomic mass is 9.93. The maximum atomic E-state index is 5.18. The van der Waals surface area contributed by atoms with E-state index in [-0.39, 0.29) is 0 Å². The lowest BCUT2D eigenvalue weighted by Crippen LogP contribution is -1.96. The van der Waals surface area contributed by atoms with Crippen molar-refractivity contribution >= 4 is 32.3 Å². The van der Waals surface area contributed by atoms with Gasteiger partial charge in [0.05, 0.1) is 11.4 Å². The summed E-state index contributed by atoms with van der Waals surface area (Å²) in [5.41, 5.74) is 11.9. The molecule has 0 spiro atoms. The van der Waals surface area contributed by atoms with Crippen LogP contribution in [0.25, 0.3) is 99.7 Å². The molecule has 0 aliphatic heterocycles. The van der Waals surface area contributed by atoms with Crippen LogP contribution in [0.2, 0.25) is 0 Å². The van der Waals surface area contributed by atoms with Crippen LogP contribution in [0.1, 0.15) is 0 Å². The number of H-pyrrole nitrogens is 1. The lowest BCUT2D eigenvalue weighted by molar-refractivity contribution is 1.18. The Bertz CT molecular complexity index is 2910. The average Bonchev–Trinajstić information content (AvgIpc) is 3.79. The molecule has 0 saturated heterocycles. The number of fused-ring (bicyclic) bond motifs is 4. The van der Waals surface area contributed by atoms with Crippen LogP contribution in [-0.4, -0.2) is 15.0 Å². The lowest BCUT2D eigenvalue weighted by Gasteiger charge is -2.13. The molecule has 0 atom stereocenters. The number of hydrogen-bond acceptors (Lipinski definition) is 2. The van der Waals surface area contributed by atoms with Crippen molar-refractivity contribution in [2.24, 2.45) is 0 Å². The number of aromatic nitrogens is 3. The number of aromatic amines is 1. The van der Waals surface area contributed by atoms with Gasteiger partial charge in [-0.25, -0.2) is 9.97 Å². The number of hydrogen-bond donors (Lipinski definition) is 1. The van der Waals surface area contributed by atoms with Gasteiger partial charge in [0.25, 0.3) is 0 Å². The predicted octanol–water partition coefficient (Wildman–Crippen LogP) is 13.3. The summed E-state index contributed by atoms with van der Waals surface area (Å²) in [6.07, 6.45) is 1.95. The number of benzene rings is 8. The van der Waals surface area contributed by atoms with E-state index < -0.39 is 0 Å². The molecule has 2 aromatic heterocycles. The second-order valence-corrected chi connectivity index (χ2v) is 13.5. The second kappa shape index (κ2) is 12.9. The topological polar surface area (TPSA) is 41.6 Å². The molecule has 10 aromatic rings. The summed E-state index contributed by atoms with van der Waals surface area (Å²) < 4.78 is 0. The fourth-order valence-electron chi connectivity index (χ4n) is 7.50. The fourth-order valence-corrected chi connectivity index (χ4v) is 7.50. The summed E-state index contributed by atoms with van der Waals surface area (Å²) in [6.45, 7) is 0. The van der Waals surface area contributed by atoms with E-state index in [4.69, 9.17) is 9.97 Å². The maximum Gasteiger partial charge on any atom is 0.160 e. The van der Waals surface area contributed by atoms with Crippen molar-refractivity contribution in [1.29, 1.82) is 0 Å². The largest absolute Gasteiger partial charge is 0.361 e. The zero-order valence-corrected chi connectivity index (χ0v) is 28.9. The van der Waals surface area contributed by atoms with Crippen molar-refractivity contribution in [2.75, 3.05) is 0 Å². The highest BCUT2D eigenvalue weighted by atomic mass is 14.9. The maximum absolute atomic E-state index is 5.18. The molecular weight excluding hydrogens is 643 g/mol. The van der Waals surface area contributed by atoms with Crippen LogP contribution in [0, 0.1) is 0 Å². The summed E-state index contributed by atoms with van der Waals surface area (Å²) in [6, 6.07) is 66.9. The molecule has 53 heavy (non-hydrogen) atoms.